The Bertz CT molecular complexity index is 1200. The number of nitrogens with one attached hydrogen (secondary N) is 2. The number of anilines is 2. The summed E-state index contributed by atoms with van der Waals surface area (Å²) < 4.78 is 19.1. The average Bonchev–Trinajstić information content (AvgIpc) is 3.34. The highest BCUT2D eigenvalue weighted by Gasteiger charge is 2.58. The maximum atomic E-state index is 13.2. The van der Waals surface area contributed by atoms with Crippen LogP contribution in [0, 0.1) is 17.7 Å². The molecular weight excluding hydrogens is 413 g/mol. The van der Waals surface area contributed by atoms with Crippen molar-refractivity contribution in [1.82, 2.24) is 35.6 Å². The average molecular weight is 433 g/mol. The zero-order chi connectivity index (χ0) is 21.5. The van der Waals surface area contributed by atoms with Gasteiger partial charge in [-0.1, -0.05) is 17.2 Å². The molecule has 4 aromatic rings. The summed E-state index contributed by atoms with van der Waals surface area (Å²) in [5, 5.41) is 22.3. The molecule has 1 saturated carbocycles. The number of aromatic amines is 1. The molecule has 3 atom stereocenters. The Morgan fingerprint density at radius 1 is 1.12 bits per heavy atom. The lowest BCUT2D eigenvalue weighted by molar-refractivity contribution is 0.543. The Morgan fingerprint density at radius 3 is 2.72 bits per heavy atom. The van der Waals surface area contributed by atoms with Gasteiger partial charge in [0.2, 0.25) is 5.95 Å². The summed E-state index contributed by atoms with van der Waals surface area (Å²) in [5.74, 6) is 2.22. The normalized spacial score (nSPS) is 21.5. The minimum atomic E-state index is -0.234. The number of hydrogen-bond donors (Lipinski definition) is 2. The summed E-state index contributed by atoms with van der Waals surface area (Å²) in [7, 11) is 0. The molecule has 1 aliphatic carbocycles. The van der Waals surface area contributed by atoms with Crippen molar-refractivity contribution in [2.45, 2.75) is 12.3 Å². The first-order valence-electron chi connectivity index (χ1n) is 10.5. The standard InChI is InChI=1S/C21H20FN9O/c22-14-3-1-2-12(6-14)4-5-23-20-24-7-13(8-25-20)19-28-29-21(32-19)31-10-15-16(11-31)18(15)17-9-26-30-27-17/h1-3,6-9,15-16,18H,4-5,10-11H2,(H,23,24,25)(H,26,27,30)/t15-,16+,18?. The first kappa shape index (κ1) is 18.8. The number of fused-ring (bicyclic) bond motifs is 1. The molecule has 2 aliphatic rings. The van der Waals surface area contributed by atoms with Crippen molar-refractivity contribution >= 4 is 12.0 Å². The quantitative estimate of drug-likeness (QED) is 0.452. The van der Waals surface area contributed by atoms with E-state index in [0.29, 0.717) is 54.1 Å². The molecule has 0 spiro atoms. The molecule has 32 heavy (non-hydrogen) atoms. The van der Waals surface area contributed by atoms with Crippen molar-refractivity contribution in [3.05, 3.63) is 59.9 Å². The van der Waals surface area contributed by atoms with Crippen molar-refractivity contribution in [1.29, 1.82) is 0 Å². The van der Waals surface area contributed by atoms with E-state index in [-0.39, 0.29) is 5.82 Å². The first-order valence-corrected chi connectivity index (χ1v) is 10.5. The van der Waals surface area contributed by atoms with Crippen molar-refractivity contribution in [2.24, 2.45) is 11.8 Å². The largest absolute Gasteiger partial charge is 0.403 e. The topological polar surface area (TPSA) is 122 Å². The van der Waals surface area contributed by atoms with E-state index in [1.54, 1.807) is 24.7 Å². The molecule has 4 heterocycles. The van der Waals surface area contributed by atoms with E-state index >= 15 is 0 Å². The van der Waals surface area contributed by atoms with Crippen LogP contribution in [0.1, 0.15) is 17.2 Å². The predicted octanol–water partition coefficient (Wildman–Crippen LogP) is 2.29. The number of piperidine rings is 1. The molecule has 1 aliphatic heterocycles. The molecule has 1 unspecified atom stereocenters. The van der Waals surface area contributed by atoms with Gasteiger partial charge in [-0.15, -0.1) is 5.10 Å². The van der Waals surface area contributed by atoms with Crippen LogP contribution in [0.25, 0.3) is 11.5 Å². The van der Waals surface area contributed by atoms with E-state index < -0.39 is 0 Å². The lowest BCUT2D eigenvalue weighted by atomic mass is 10.1. The van der Waals surface area contributed by atoms with Gasteiger partial charge in [0.25, 0.3) is 5.89 Å². The highest BCUT2D eigenvalue weighted by atomic mass is 19.1. The van der Waals surface area contributed by atoms with Gasteiger partial charge in [-0.3, -0.25) is 0 Å². The summed E-state index contributed by atoms with van der Waals surface area (Å²) in [6.45, 7) is 2.34. The second-order valence-electron chi connectivity index (χ2n) is 8.15. The maximum absolute atomic E-state index is 13.2. The number of aromatic nitrogens is 7. The van der Waals surface area contributed by atoms with Crippen molar-refractivity contribution in [3.8, 4) is 11.5 Å². The van der Waals surface area contributed by atoms with Crippen LogP contribution in [-0.4, -0.2) is 55.2 Å². The predicted molar refractivity (Wildman–Crippen MR) is 112 cm³/mol. The molecule has 3 aromatic heterocycles. The number of halogens is 1. The molecule has 162 valence electrons. The molecule has 1 aromatic carbocycles. The minimum Gasteiger partial charge on any atom is -0.403 e. The monoisotopic (exact) mass is 433 g/mol. The minimum absolute atomic E-state index is 0.234. The fraction of sp³-hybridized carbons (Fsp3) is 0.333. The van der Waals surface area contributed by atoms with Gasteiger partial charge in [0.15, 0.2) is 0 Å². The Morgan fingerprint density at radius 2 is 1.97 bits per heavy atom. The van der Waals surface area contributed by atoms with Gasteiger partial charge in [0, 0.05) is 37.9 Å². The third kappa shape index (κ3) is 3.55. The van der Waals surface area contributed by atoms with E-state index in [2.05, 4.69) is 45.8 Å². The zero-order valence-corrected chi connectivity index (χ0v) is 17.0. The molecule has 0 bridgehead atoms. The lowest BCUT2D eigenvalue weighted by Gasteiger charge is -2.15. The van der Waals surface area contributed by atoms with Gasteiger partial charge in [0.1, 0.15) is 5.82 Å². The summed E-state index contributed by atoms with van der Waals surface area (Å²) in [5.41, 5.74) is 2.61. The number of nitrogens with zero attached hydrogens (tertiary/aromatic N) is 7. The second kappa shape index (κ2) is 7.66. The van der Waals surface area contributed by atoms with Gasteiger partial charge in [0.05, 0.1) is 17.5 Å². The zero-order valence-electron chi connectivity index (χ0n) is 17.0. The van der Waals surface area contributed by atoms with E-state index in [4.69, 9.17) is 4.42 Å². The summed E-state index contributed by atoms with van der Waals surface area (Å²) in [6, 6.07) is 7.07. The lowest BCUT2D eigenvalue weighted by Crippen LogP contribution is -2.23. The number of benzene rings is 1. The molecule has 2 N–H and O–H groups in total. The molecular formula is C21H20FN9O. The van der Waals surface area contributed by atoms with Gasteiger partial charge >= 0.3 is 6.01 Å². The van der Waals surface area contributed by atoms with Crippen LogP contribution >= 0.6 is 0 Å². The summed E-state index contributed by atoms with van der Waals surface area (Å²) in [6.07, 6.45) is 5.77. The van der Waals surface area contributed by atoms with E-state index in [9.17, 15) is 4.39 Å². The second-order valence-corrected chi connectivity index (χ2v) is 8.15. The Labute approximate surface area is 182 Å². The number of H-pyrrole nitrogens is 1. The van der Waals surface area contributed by atoms with Crippen molar-refractivity contribution in [2.75, 3.05) is 29.9 Å². The van der Waals surface area contributed by atoms with Crippen LogP contribution in [-0.2, 0) is 6.42 Å². The van der Waals surface area contributed by atoms with Crippen LogP contribution in [0.4, 0.5) is 16.4 Å². The molecule has 2 fully saturated rings. The highest BCUT2D eigenvalue weighted by molar-refractivity contribution is 5.52. The summed E-state index contributed by atoms with van der Waals surface area (Å²) >= 11 is 0. The van der Waals surface area contributed by atoms with Gasteiger partial charge in [-0.05, 0) is 36.0 Å². The Kier molecular flexibility index (Phi) is 4.51. The Balaban J connectivity index is 1.04. The third-order valence-electron chi connectivity index (χ3n) is 6.14. The summed E-state index contributed by atoms with van der Waals surface area (Å²) in [4.78, 5) is 10.7. The van der Waals surface area contributed by atoms with Crippen LogP contribution in [0.3, 0.4) is 0 Å². The van der Waals surface area contributed by atoms with Crippen molar-refractivity contribution < 1.29 is 8.81 Å². The number of rotatable bonds is 7. The van der Waals surface area contributed by atoms with Gasteiger partial charge < -0.3 is 14.6 Å². The van der Waals surface area contributed by atoms with Crippen LogP contribution in [0.15, 0.2) is 47.3 Å². The van der Waals surface area contributed by atoms with Crippen LogP contribution < -0.4 is 10.2 Å². The number of hydrogen-bond acceptors (Lipinski definition) is 9. The molecule has 0 radical (unpaired) electrons. The molecule has 1 saturated heterocycles. The van der Waals surface area contributed by atoms with E-state index in [0.717, 1.165) is 24.3 Å². The first-order chi connectivity index (χ1) is 15.7. The van der Waals surface area contributed by atoms with E-state index in [1.807, 2.05) is 6.07 Å². The maximum Gasteiger partial charge on any atom is 0.318 e. The fourth-order valence-corrected chi connectivity index (χ4v) is 4.49. The molecule has 11 heteroatoms. The van der Waals surface area contributed by atoms with Gasteiger partial charge in [-0.25, -0.2) is 14.4 Å². The van der Waals surface area contributed by atoms with Crippen molar-refractivity contribution in [3.63, 3.8) is 0 Å². The van der Waals surface area contributed by atoms with Crippen LogP contribution in [0.2, 0.25) is 0 Å². The highest BCUT2D eigenvalue weighted by Crippen LogP contribution is 2.58. The molecule has 6 rings (SSSR count). The third-order valence-corrected chi connectivity index (χ3v) is 6.14. The Hall–Kier alpha value is -3.89. The molecule has 0 amide bonds. The smallest absolute Gasteiger partial charge is 0.318 e. The fourth-order valence-electron chi connectivity index (χ4n) is 4.49. The van der Waals surface area contributed by atoms with Crippen LogP contribution in [0.5, 0.6) is 0 Å². The molecule has 10 nitrogen and oxygen atoms in total. The van der Waals surface area contributed by atoms with E-state index in [1.165, 1.54) is 12.1 Å². The van der Waals surface area contributed by atoms with Gasteiger partial charge in [-0.2, -0.15) is 15.4 Å². The SMILES string of the molecule is Fc1cccc(CCNc2ncc(-c3nnc(N4C[C@@H]5C(c6cn[nH]n6)[C@@H]5C4)o3)cn2)c1.